The van der Waals surface area contributed by atoms with E-state index in [0.717, 1.165) is 53.7 Å². The fourth-order valence-electron chi connectivity index (χ4n) is 2.63. The van der Waals surface area contributed by atoms with Crippen molar-refractivity contribution in [1.29, 1.82) is 0 Å². The Kier molecular flexibility index (Phi) is 5.06. The van der Waals surface area contributed by atoms with Crippen LogP contribution >= 0.6 is 11.6 Å². The van der Waals surface area contributed by atoms with E-state index in [1.807, 2.05) is 14.0 Å². The van der Waals surface area contributed by atoms with Crippen LogP contribution in [-0.2, 0) is 26.4 Å². The van der Waals surface area contributed by atoms with Gasteiger partial charge in [-0.1, -0.05) is 18.5 Å². The van der Waals surface area contributed by atoms with Gasteiger partial charge in [0.1, 0.15) is 5.15 Å². The molecule has 0 saturated carbocycles. The van der Waals surface area contributed by atoms with E-state index in [9.17, 15) is 0 Å². The second-order valence-electron chi connectivity index (χ2n) is 5.59. The number of likely N-dealkylation sites (N-methyl/N-ethyl adjacent to an activating group) is 1. The maximum atomic E-state index is 6.35. The lowest BCUT2D eigenvalue weighted by atomic mass is 10.1. The average Bonchev–Trinajstić information content (AvgIpc) is 2.91. The first kappa shape index (κ1) is 16.0. The summed E-state index contributed by atoms with van der Waals surface area (Å²) in [6.07, 6.45) is 1.90. The third kappa shape index (κ3) is 3.47. The molecule has 2 rings (SSSR count). The van der Waals surface area contributed by atoms with Crippen LogP contribution in [-0.4, -0.2) is 38.5 Å². The first-order valence-corrected chi connectivity index (χ1v) is 7.71. The SMILES string of the molecule is CCc1nn(C)c(Cl)c1CN(C)CCc1c(C)n[nH]c1C. The minimum absolute atomic E-state index is 0.745. The molecule has 0 aliphatic carbocycles. The van der Waals surface area contributed by atoms with E-state index in [1.54, 1.807) is 4.68 Å². The summed E-state index contributed by atoms with van der Waals surface area (Å²) >= 11 is 6.35. The minimum atomic E-state index is 0.745. The number of aromatic nitrogens is 4. The predicted octanol–water partition coefficient (Wildman–Crippen LogP) is 2.65. The number of aryl methyl sites for hydroxylation is 4. The van der Waals surface area contributed by atoms with Gasteiger partial charge in [-0.15, -0.1) is 0 Å². The van der Waals surface area contributed by atoms with E-state index in [-0.39, 0.29) is 0 Å². The highest BCUT2D eigenvalue weighted by molar-refractivity contribution is 6.30. The normalized spacial score (nSPS) is 11.6. The standard InChI is InChI=1S/C15H24ClN5/c1-6-14-13(15(16)21(5)19-14)9-20(4)8-7-12-10(2)17-18-11(12)3/h6-9H2,1-5H3,(H,17,18). The molecule has 0 spiro atoms. The molecule has 21 heavy (non-hydrogen) atoms. The topological polar surface area (TPSA) is 49.7 Å². The number of rotatable bonds is 6. The molecule has 0 bridgehead atoms. The van der Waals surface area contributed by atoms with Gasteiger partial charge in [0.25, 0.3) is 0 Å². The smallest absolute Gasteiger partial charge is 0.131 e. The molecule has 2 heterocycles. The Morgan fingerprint density at radius 2 is 2.00 bits per heavy atom. The molecule has 0 unspecified atom stereocenters. The third-order valence-corrected chi connectivity index (χ3v) is 4.41. The zero-order valence-corrected chi connectivity index (χ0v) is 14.3. The van der Waals surface area contributed by atoms with Crippen LogP contribution in [0.2, 0.25) is 5.15 Å². The molecule has 6 heteroatoms. The number of hydrogen-bond donors (Lipinski definition) is 1. The zero-order valence-electron chi connectivity index (χ0n) is 13.5. The van der Waals surface area contributed by atoms with E-state index in [2.05, 4.69) is 41.1 Å². The monoisotopic (exact) mass is 309 g/mol. The Morgan fingerprint density at radius 1 is 1.29 bits per heavy atom. The van der Waals surface area contributed by atoms with Crippen molar-refractivity contribution in [2.24, 2.45) is 7.05 Å². The predicted molar refractivity (Wildman–Crippen MR) is 85.7 cm³/mol. The van der Waals surface area contributed by atoms with E-state index >= 15 is 0 Å². The lowest BCUT2D eigenvalue weighted by Gasteiger charge is -2.17. The van der Waals surface area contributed by atoms with Crippen molar-refractivity contribution < 1.29 is 0 Å². The molecule has 0 radical (unpaired) electrons. The maximum absolute atomic E-state index is 6.35. The van der Waals surface area contributed by atoms with Gasteiger partial charge < -0.3 is 4.90 Å². The summed E-state index contributed by atoms with van der Waals surface area (Å²) in [5.74, 6) is 0. The lowest BCUT2D eigenvalue weighted by Crippen LogP contribution is -2.21. The Hall–Kier alpha value is -1.33. The Morgan fingerprint density at radius 3 is 2.57 bits per heavy atom. The van der Waals surface area contributed by atoms with Gasteiger partial charge in [-0.2, -0.15) is 10.2 Å². The van der Waals surface area contributed by atoms with Crippen LogP contribution in [0.1, 0.15) is 35.1 Å². The number of nitrogens with zero attached hydrogens (tertiary/aromatic N) is 4. The van der Waals surface area contributed by atoms with Crippen molar-refractivity contribution in [3.63, 3.8) is 0 Å². The van der Waals surface area contributed by atoms with Gasteiger partial charge in [0.15, 0.2) is 0 Å². The van der Waals surface area contributed by atoms with Crippen LogP contribution in [0.4, 0.5) is 0 Å². The van der Waals surface area contributed by atoms with Crippen molar-refractivity contribution in [3.05, 3.63) is 33.4 Å². The molecule has 0 amide bonds. The van der Waals surface area contributed by atoms with Crippen LogP contribution in [0.5, 0.6) is 0 Å². The molecule has 0 aliphatic heterocycles. The quantitative estimate of drug-likeness (QED) is 0.892. The van der Waals surface area contributed by atoms with Gasteiger partial charge in [0.05, 0.1) is 11.4 Å². The molecular weight excluding hydrogens is 286 g/mol. The molecule has 0 aliphatic rings. The van der Waals surface area contributed by atoms with E-state index < -0.39 is 0 Å². The second-order valence-corrected chi connectivity index (χ2v) is 5.95. The molecule has 2 aromatic rings. The molecule has 1 N–H and O–H groups in total. The number of halogens is 1. The van der Waals surface area contributed by atoms with Crippen LogP contribution in [0.15, 0.2) is 0 Å². The van der Waals surface area contributed by atoms with Crippen molar-refractivity contribution in [1.82, 2.24) is 24.9 Å². The van der Waals surface area contributed by atoms with Gasteiger partial charge >= 0.3 is 0 Å². The highest BCUT2D eigenvalue weighted by Crippen LogP contribution is 2.21. The van der Waals surface area contributed by atoms with Gasteiger partial charge in [0, 0.05) is 31.4 Å². The molecule has 0 atom stereocenters. The second kappa shape index (κ2) is 6.62. The van der Waals surface area contributed by atoms with Gasteiger partial charge in [0.2, 0.25) is 0 Å². The van der Waals surface area contributed by atoms with Gasteiger partial charge in [-0.3, -0.25) is 9.78 Å². The summed E-state index contributed by atoms with van der Waals surface area (Å²) in [4.78, 5) is 2.29. The maximum Gasteiger partial charge on any atom is 0.131 e. The van der Waals surface area contributed by atoms with Crippen LogP contribution in [0, 0.1) is 13.8 Å². The van der Waals surface area contributed by atoms with E-state index in [1.165, 1.54) is 5.56 Å². The van der Waals surface area contributed by atoms with E-state index in [0.29, 0.717) is 0 Å². The molecule has 0 saturated heterocycles. The summed E-state index contributed by atoms with van der Waals surface area (Å²) in [6, 6.07) is 0. The fourth-order valence-corrected chi connectivity index (χ4v) is 2.84. The summed E-state index contributed by atoms with van der Waals surface area (Å²) in [5, 5.41) is 12.5. The van der Waals surface area contributed by atoms with Crippen molar-refractivity contribution in [3.8, 4) is 0 Å². The van der Waals surface area contributed by atoms with Crippen molar-refractivity contribution in [2.45, 2.75) is 40.2 Å². The summed E-state index contributed by atoms with van der Waals surface area (Å²) < 4.78 is 1.76. The first-order valence-electron chi connectivity index (χ1n) is 7.33. The summed E-state index contributed by atoms with van der Waals surface area (Å²) in [5.41, 5.74) is 5.80. The van der Waals surface area contributed by atoms with Gasteiger partial charge in [-0.25, -0.2) is 0 Å². The summed E-state index contributed by atoms with van der Waals surface area (Å²) in [6.45, 7) is 8.02. The van der Waals surface area contributed by atoms with E-state index in [4.69, 9.17) is 11.6 Å². The molecule has 0 aromatic carbocycles. The Balaban J connectivity index is 2.01. The molecule has 2 aromatic heterocycles. The number of aromatic amines is 1. The van der Waals surface area contributed by atoms with Crippen LogP contribution in [0.25, 0.3) is 0 Å². The molecular formula is C15H24ClN5. The number of nitrogens with one attached hydrogen (secondary N) is 1. The number of H-pyrrole nitrogens is 1. The largest absolute Gasteiger partial charge is 0.302 e. The Labute approximate surface area is 131 Å². The minimum Gasteiger partial charge on any atom is -0.302 e. The third-order valence-electron chi connectivity index (χ3n) is 3.94. The number of hydrogen-bond acceptors (Lipinski definition) is 3. The van der Waals surface area contributed by atoms with Gasteiger partial charge in [-0.05, 0) is 39.3 Å². The molecule has 0 fully saturated rings. The van der Waals surface area contributed by atoms with Crippen molar-refractivity contribution >= 4 is 11.6 Å². The summed E-state index contributed by atoms with van der Waals surface area (Å²) in [7, 11) is 4.01. The van der Waals surface area contributed by atoms with Crippen LogP contribution < -0.4 is 0 Å². The Bertz CT molecular complexity index is 594. The fraction of sp³-hybridized carbons (Fsp3) is 0.600. The average molecular weight is 310 g/mol. The van der Waals surface area contributed by atoms with Crippen molar-refractivity contribution in [2.75, 3.05) is 13.6 Å². The highest BCUT2D eigenvalue weighted by atomic mass is 35.5. The molecule has 116 valence electrons. The zero-order chi connectivity index (χ0) is 15.6. The highest BCUT2D eigenvalue weighted by Gasteiger charge is 2.15. The lowest BCUT2D eigenvalue weighted by molar-refractivity contribution is 0.330. The first-order chi connectivity index (χ1) is 9.93. The molecule has 5 nitrogen and oxygen atoms in total. The van der Waals surface area contributed by atoms with Crippen LogP contribution in [0.3, 0.4) is 0 Å².